The van der Waals surface area contributed by atoms with Crippen molar-refractivity contribution in [3.63, 3.8) is 0 Å². The van der Waals surface area contributed by atoms with Crippen LogP contribution in [-0.2, 0) is 32.0 Å². The average Bonchev–Trinajstić information content (AvgIpc) is 2.95. The third-order valence-corrected chi connectivity index (χ3v) is 6.97. The summed E-state index contributed by atoms with van der Waals surface area (Å²) in [5.41, 5.74) is 7.49. The van der Waals surface area contributed by atoms with E-state index >= 15 is 0 Å². The average molecular weight is 571 g/mol. The van der Waals surface area contributed by atoms with E-state index in [9.17, 15) is 29.5 Å². The van der Waals surface area contributed by atoms with E-state index in [1.54, 1.807) is 24.3 Å². The van der Waals surface area contributed by atoms with Crippen LogP contribution in [-0.4, -0.2) is 96.9 Å². The maximum atomic E-state index is 13.2. The predicted octanol–water partition coefficient (Wildman–Crippen LogP) is -1.19. The first-order valence-corrected chi connectivity index (χ1v) is 13.4. The Morgan fingerprint density at radius 3 is 2.10 bits per heavy atom. The molecule has 0 bridgehead atoms. The van der Waals surface area contributed by atoms with E-state index in [1.807, 2.05) is 44.1 Å². The van der Waals surface area contributed by atoms with Crippen molar-refractivity contribution in [1.82, 2.24) is 20.4 Å². The highest BCUT2D eigenvalue weighted by Gasteiger charge is 2.33. The molecule has 4 amide bonds. The maximum Gasteiger partial charge on any atom is 0.335 e. The van der Waals surface area contributed by atoms with Gasteiger partial charge in [0.05, 0.1) is 25.2 Å². The second-order valence-corrected chi connectivity index (χ2v) is 10.4. The molecule has 0 radical (unpaired) electrons. The number of benzene rings is 2. The third-order valence-electron chi connectivity index (χ3n) is 6.97. The molecule has 0 aliphatic carbocycles. The molecular weight excluding hydrogens is 528 g/mol. The van der Waals surface area contributed by atoms with Gasteiger partial charge in [-0.05, 0) is 57.6 Å². The minimum atomic E-state index is -1.04. The van der Waals surface area contributed by atoms with Crippen molar-refractivity contribution < 1.29 is 29.3 Å². The Balaban J connectivity index is 1.98. The van der Waals surface area contributed by atoms with Gasteiger partial charge in [0, 0.05) is 13.5 Å². The molecule has 2 unspecified atom stereocenters. The monoisotopic (exact) mass is 570 g/mol. The van der Waals surface area contributed by atoms with E-state index in [1.165, 1.54) is 31.0 Å². The number of nitrogens with zero attached hydrogens (tertiary/aromatic N) is 2. The fourth-order valence-electron chi connectivity index (χ4n) is 3.96. The molecule has 0 saturated carbocycles. The lowest BCUT2D eigenvalue weighted by Gasteiger charge is -2.33. The fourth-order valence-corrected chi connectivity index (χ4v) is 3.96. The molecule has 6 N–H and O–H groups in total. The smallest absolute Gasteiger partial charge is 0.335 e. The lowest BCUT2D eigenvalue weighted by Crippen LogP contribution is -3.13. The number of likely N-dealkylation sites (N-methyl/N-ethyl adjacent to an activating group) is 2. The number of rotatable bonds is 14. The predicted molar refractivity (Wildman–Crippen MR) is 154 cm³/mol. The van der Waals surface area contributed by atoms with Crippen LogP contribution in [0.4, 0.5) is 0 Å². The molecule has 224 valence electrons. The van der Waals surface area contributed by atoms with Crippen LogP contribution in [0, 0.1) is 5.21 Å². The lowest BCUT2D eigenvalue weighted by atomic mass is 10.0. The summed E-state index contributed by atoms with van der Waals surface area (Å²) in [7, 11) is 5.06. The van der Waals surface area contributed by atoms with Gasteiger partial charge in [0.1, 0.15) is 11.8 Å². The molecule has 0 aliphatic rings. The van der Waals surface area contributed by atoms with E-state index in [2.05, 4.69) is 10.6 Å². The van der Waals surface area contributed by atoms with Crippen molar-refractivity contribution in [2.24, 2.45) is 5.73 Å². The number of carbonyl (C=O) groups is 4. The van der Waals surface area contributed by atoms with Crippen molar-refractivity contribution in [2.75, 3.05) is 34.2 Å². The van der Waals surface area contributed by atoms with Crippen molar-refractivity contribution in [3.05, 3.63) is 70.9 Å². The van der Waals surface area contributed by atoms with Crippen molar-refractivity contribution in [1.29, 1.82) is 0 Å². The standard InChI is InChI=1S/C29H42N6O6/c1-19(33(3)4)18-35(41)29(40)25(16-21-9-7-6-8-10-21)34(5)26(37)17-31-27(38)20(2)32-28(39)24(30)15-22-11-13-23(36)14-12-22/h6-14,19-20,24-25,35-36H,15-18,30H2,1-5H3,(H,31,38)(H,32,39)/t19?,20-,24+,25+/m1/s1. The minimum absolute atomic E-state index is 0.0159. The number of phenolic OH excluding ortho intramolecular Hbond substituents is 1. The number of amides is 4. The number of nitrogens with one attached hydrogen (secondary N) is 3. The Hall–Kier alpha value is -3.84. The molecular formula is C29H42N6O6. The summed E-state index contributed by atoms with van der Waals surface area (Å²) in [5.74, 6) is -2.31. The van der Waals surface area contributed by atoms with E-state index < -0.39 is 53.4 Å². The highest BCUT2D eigenvalue weighted by Crippen LogP contribution is 2.11. The summed E-state index contributed by atoms with van der Waals surface area (Å²) >= 11 is 0. The highest BCUT2D eigenvalue weighted by atomic mass is 16.5. The van der Waals surface area contributed by atoms with E-state index in [-0.39, 0.29) is 31.2 Å². The molecule has 2 aromatic carbocycles. The second kappa shape index (κ2) is 15.8. The highest BCUT2D eigenvalue weighted by molar-refractivity contribution is 5.92. The first-order valence-electron chi connectivity index (χ1n) is 13.4. The number of hydrogen-bond acceptors (Lipinski definition) is 8. The van der Waals surface area contributed by atoms with Gasteiger partial charge in [-0.15, -0.1) is 0 Å². The SMILES string of the molecule is CC(C[NH+]([O-])C(=O)[C@H](Cc1ccccc1)N(C)C(=O)CNC(=O)[C@@H](C)NC(=O)[C@@H](N)Cc1ccc(O)cc1)N(C)C. The molecule has 12 nitrogen and oxygen atoms in total. The number of carbonyl (C=O) groups excluding carboxylic acids is 4. The van der Waals surface area contributed by atoms with Gasteiger partial charge in [-0.3, -0.25) is 14.4 Å². The summed E-state index contributed by atoms with van der Waals surface area (Å²) in [6.45, 7) is 2.88. The van der Waals surface area contributed by atoms with E-state index in [0.717, 1.165) is 11.1 Å². The van der Waals surface area contributed by atoms with Gasteiger partial charge >= 0.3 is 5.91 Å². The molecule has 2 aromatic rings. The Labute approximate surface area is 241 Å². The number of aromatic hydroxyl groups is 1. The van der Waals surface area contributed by atoms with Crippen molar-refractivity contribution in [3.8, 4) is 5.75 Å². The zero-order valence-electron chi connectivity index (χ0n) is 24.3. The molecule has 41 heavy (non-hydrogen) atoms. The molecule has 0 spiro atoms. The van der Waals surface area contributed by atoms with Gasteiger partial charge in [-0.25, -0.2) is 4.79 Å². The topological polar surface area (TPSA) is 173 Å². The zero-order valence-corrected chi connectivity index (χ0v) is 24.3. The van der Waals surface area contributed by atoms with Crippen LogP contribution in [0.2, 0.25) is 0 Å². The number of hydrogen-bond donors (Lipinski definition) is 5. The van der Waals surface area contributed by atoms with Gasteiger partial charge in [-0.1, -0.05) is 42.5 Å². The summed E-state index contributed by atoms with van der Waals surface area (Å²) < 4.78 is 0. The Morgan fingerprint density at radius 2 is 1.51 bits per heavy atom. The fraction of sp³-hybridized carbons (Fsp3) is 0.448. The van der Waals surface area contributed by atoms with Gasteiger partial charge < -0.3 is 41.5 Å². The number of hydroxylamine groups is 2. The van der Waals surface area contributed by atoms with Crippen LogP contribution in [0.1, 0.15) is 25.0 Å². The minimum Gasteiger partial charge on any atom is -0.627 e. The van der Waals surface area contributed by atoms with Crippen LogP contribution in [0.3, 0.4) is 0 Å². The Morgan fingerprint density at radius 1 is 0.927 bits per heavy atom. The number of phenols is 1. The maximum absolute atomic E-state index is 13.2. The van der Waals surface area contributed by atoms with Crippen molar-refractivity contribution >= 4 is 23.6 Å². The van der Waals surface area contributed by atoms with E-state index in [0.29, 0.717) is 0 Å². The Bertz CT molecular complexity index is 1160. The Kier molecular flexibility index (Phi) is 12.9. The summed E-state index contributed by atoms with van der Waals surface area (Å²) in [5, 5.41) is 26.6. The lowest BCUT2D eigenvalue weighted by molar-refractivity contribution is -0.769. The summed E-state index contributed by atoms with van der Waals surface area (Å²) in [4.78, 5) is 54.4. The van der Waals surface area contributed by atoms with Gasteiger partial charge in [0.25, 0.3) is 0 Å². The zero-order chi connectivity index (χ0) is 30.7. The molecule has 2 rings (SSSR count). The van der Waals surface area contributed by atoms with E-state index in [4.69, 9.17) is 5.73 Å². The quantitative estimate of drug-likeness (QED) is 0.176. The largest absolute Gasteiger partial charge is 0.627 e. The molecule has 0 aromatic heterocycles. The summed E-state index contributed by atoms with van der Waals surface area (Å²) in [6, 6.07) is 12.2. The molecule has 12 heteroatoms. The summed E-state index contributed by atoms with van der Waals surface area (Å²) in [6.07, 6.45) is 0.343. The van der Waals surface area contributed by atoms with Crippen LogP contribution in [0.15, 0.2) is 54.6 Å². The molecule has 0 fully saturated rings. The number of nitrogens with two attached hydrogens (primary N) is 1. The molecule has 5 atom stereocenters. The van der Waals surface area contributed by atoms with Gasteiger partial charge in [0.2, 0.25) is 17.7 Å². The van der Waals surface area contributed by atoms with Crippen molar-refractivity contribution in [2.45, 2.75) is 50.9 Å². The van der Waals surface area contributed by atoms with Crippen LogP contribution in [0.5, 0.6) is 5.75 Å². The number of quaternary nitrogens is 1. The van der Waals surface area contributed by atoms with Crippen LogP contribution >= 0.6 is 0 Å². The molecule has 0 aliphatic heterocycles. The molecule has 0 heterocycles. The molecule has 0 saturated heterocycles. The second-order valence-electron chi connectivity index (χ2n) is 10.4. The first-order chi connectivity index (χ1) is 19.3. The van der Waals surface area contributed by atoms with Crippen LogP contribution < -0.4 is 21.4 Å². The first kappa shape index (κ1) is 33.4. The third kappa shape index (κ3) is 10.6. The normalized spacial score (nSPS) is 14.8. The van der Waals surface area contributed by atoms with Crippen LogP contribution in [0.25, 0.3) is 0 Å². The van der Waals surface area contributed by atoms with Gasteiger partial charge in [-0.2, -0.15) is 0 Å². The van der Waals surface area contributed by atoms with Gasteiger partial charge in [0.15, 0.2) is 6.04 Å².